The Hall–Kier alpha value is -0.840. The van der Waals surface area contributed by atoms with Gasteiger partial charge in [0.05, 0.1) is 6.10 Å². The third-order valence-corrected chi connectivity index (χ3v) is 5.51. The summed E-state index contributed by atoms with van der Waals surface area (Å²) in [4.78, 5) is 5.66. The fraction of sp³-hybridized carbons (Fsp3) is 0.765. The Morgan fingerprint density at radius 3 is 2.90 bits per heavy atom. The van der Waals surface area contributed by atoms with Gasteiger partial charge in [0, 0.05) is 43.0 Å². The molecule has 1 aliphatic carbocycles. The van der Waals surface area contributed by atoms with Crippen molar-refractivity contribution in [2.24, 2.45) is 11.3 Å². The highest BCUT2D eigenvalue weighted by molar-refractivity contribution is 5.14. The molecule has 1 aromatic rings. The van der Waals surface area contributed by atoms with Crippen molar-refractivity contribution < 1.29 is 5.11 Å². The Balaban J connectivity index is 1.62. The fourth-order valence-electron chi connectivity index (χ4n) is 4.82. The Morgan fingerprint density at radius 1 is 1.48 bits per heavy atom. The van der Waals surface area contributed by atoms with Crippen LogP contribution in [0.5, 0.6) is 0 Å². The third-order valence-electron chi connectivity index (χ3n) is 5.51. The molecule has 1 aromatic heterocycles. The van der Waals surface area contributed by atoms with Crippen molar-refractivity contribution in [1.29, 1.82) is 0 Å². The zero-order valence-electron chi connectivity index (χ0n) is 13.5. The number of nitrogens with one attached hydrogen (secondary N) is 2. The largest absolute Gasteiger partial charge is 0.391 e. The average molecular weight is 291 g/mol. The van der Waals surface area contributed by atoms with Crippen LogP contribution in [-0.4, -0.2) is 46.3 Å². The van der Waals surface area contributed by atoms with Crippen LogP contribution in [0.2, 0.25) is 0 Å². The van der Waals surface area contributed by atoms with Gasteiger partial charge in [-0.15, -0.1) is 0 Å². The molecule has 2 heterocycles. The van der Waals surface area contributed by atoms with E-state index in [1.807, 2.05) is 12.4 Å². The first-order valence-corrected chi connectivity index (χ1v) is 8.33. The van der Waals surface area contributed by atoms with Crippen LogP contribution in [0.4, 0.5) is 0 Å². The summed E-state index contributed by atoms with van der Waals surface area (Å²) in [5.41, 5.74) is 1.59. The summed E-state index contributed by atoms with van der Waals surface area (Å²) in [5.74, 6) is 0.661. The normalized spacial score (nSPS) is 36.5. The van der Waals surface area contributed by atoms with E-state index in [4.69, 9.17) is 0 Å². The standard InChI is InChI=1S/C17H29N3O/c1-4-20-11-17(16(20)12(2)3)7-14(15(21)8-17)19-10-13-5-6-18-9-13/h5-6,9,12,14-16,18-19,21H,4,7-8,10-11H2,1-3H3/t14-,15-,16?,17?/m1/s1. The molecule has 0 bridgehead atoms. The number of aliphatic hydroxyl groups excluding tert-OH is 1. The second-order valence-corrected chi connectivity index (χ2v) is 7.30. The molecule has 0 radical (unpaired) electrons. The summed E-state index contributed by atoms with van der Waals surface area (Å²) in [6, 6.07) is 2.96. The zero-order chi connectivity index (χ0) is 15.0. The van der Waals surface area contributed by atoms with Crippen LogP contribution in [0.3, 0.4) is 0 Å². The molecule has 0 amide bonds. The van der Waals surface area contributed by atoms with Crippen molar-refractivity contribution in [3.63, 3.8) is 0 Å². The van der Waals surface area contributed by atoms with Crippen molar-refractivity contribution in [3.05, 3.63) is 24.0 Å². The van der Waals surface area contributed by atoms with E-state index < -0.39 is 0 Å². The number of H-pyrrole nitrogens is 1. The molecule has 4 nitrogen and oxygen atoms in total. The van der Waals surface area contributed by atoms with Gasteiger partial charge in [0.2, 0.25) is 0 Å². The molecule has 1 saturated carbocycles. The number of aromatic amines is 1. The van der Waals surface area contributed by atoms with E-state index in [1.165, 1.54) is 5.56 Å². The molecule has 4 atom stereocenters. The first-order chi connectivity index (χ1) is 10.1. The second kappa shape index (κ2) is 5.75. The molecule has 3 N–H and O–H groups in total. The van der Waals surface area contributed by atoms with Gasteiger partial charge < -0.3 is 15.4 Å². The number of aromatic nitrogens is 1. The number of rotatable bonds is 5. The summed E-state index contributed by atoms with van der Waals surface area (Å²) in [6.07, 6.45) is 5.83. The van der Waals surface area contributed by atoms with Crippen molar-refractivity contribution in [3.8, 4) is 0 Å². The smallest absolute Gasteiger partial charge is 0.0699 e. The molecule has 3 rings (SSSR count). The van der Waals surface area contributed by atoms with Gasteiger partial charge in [0.1, 0.15) is 0 Å². The van der Waals surface area contributed by atoms with E-state index >= 15 is 0 Å². The van der Waals surface area contributed by atoms with Crippen molar-refractivity contribution in [2.45, 2.75) is 58.3 Å². The molecular formula is C17H29N3O. The van der Waals surface area contributed by atoms with Gasteiger partial charge in [0.25, 0.3) is 0 Å². The van der Waals surface area contributed by atoms with Crippen molar-refractivity contribution >= 4 is 0 Å². The average Bonchev–Trinajstić information content (AvgIpc) is 3.01. The molecule has 0 aromatic carbocycles. The lowest BCUT2D eigenvalue weighted by Crippen LogP contribution is -2.65. The van der Waals surface area contributed by atoms with E-state index in [2.05, 4.69) is 42.0 Å². The van der Waals surface area contributed by atoms with E-state index in [0.29, 0.717) is 17.4 Å². The maximum absolute atomic E-state index is 10.5. The number of nitrogens with zero attached hydrogens (tertiary/aromatic N) is 1. The van der Waals surface area contributed by atoms with Gasteiger partial charge in [-0.05, 0) is 36.9 Å². The van der Waals surface area contributed by atoms with Gasteiger partial charge >= 0.3 is 0 Å². The van der Waals surface area contributed by atoms with Crippen LogP contribution in [-0.2, 0) is 6.54 Å². The molecule has 2 fully saturated rings. The maximum Gasteiger partial charge on any atom is 0.0699 e. The summed E-state index contributed by atoms with van der Waals surface area (Å²) in [7, 11) is 0. The van der Waals surface area contributed by atoms with Crippen LogP contribution in [0.25, 0.3) is 0 Å². The van der Waals surface area contributed by atoms with Crippen LogP contribution in [0.1, 0.15) is 39.2 Å². The molecule has 2 aliphatic rings. The van der Waals surface area contributed by atoms with Crippen LogP contribution < -0.4 is 5.32 Å². The Labute approximate surface area is 127 Å². The van der Waals surface area contributed by atoms with Crippen molar-refractivity contribution in [2.75, 3.05) is 13.1 Å². The highest BCUT2D eigenvalue weighted by Crippen LogP contribution is 2.52. The highest BCUT2D eigenvalue weighted by atomic mass is 16.3. The number of aliphatic hydroxyl groups is 1. The lowest BCUT2D eigenvalue weighted by atomic mass is 9.65. The zero-order valence-corrected chi connectivity index (χ0v) is 13.5. The second-order valence-electron chi connectivity index (χ2n) is 7.30. The molecule has 4 heteroatoms. The quantitative estimate of drug-likeness (QED) is 0.777. The molecule has 2 unspecified atom stereocenters. The summed E-state index contributed by atoms with van der Waals surface area (Å²) >= 11 is 0. The third kappa shape index (κ3) is 2.65. The first kappa shape index (κ1) is 15.1. The predicted octanol–water partition coefficient (Wildman–Crippen LogP) is 1.97. The highest BCUT2D eigenvalue weighted by Gasteiger charge is 2.58. The van der Waals surface area contributed by atoms with Crippen molar-refractivity contribution in [1.82, 2.24) is 15.2 Å². The fourth-order valence-corrected chi connectivity index (χ4v) is 4.82. The maximum atomic E-state index is 10.5. The number of likely N-dealkylation sites (tertiary alicyclic amines) is 1. The lowest BCUT2D eigenvalue weighted by Gasteiger charge is -2.58. The lowest BCUT2D eigenvalue weighted by molar-refractivity contribution is -0.0964. The van der Waals surface area contributed by atoms with Crippen LogP contribution in [0, 0.1) is 11.3 Å². The SMILES string of the molecule is CCN1CC2(C[C@@H](O)[C@H](NCc3cc[nH]c3)C2)C1C(C)C. The first-order valence-electron chi connectivity index (χ1n) is 8.33. The Kier molecular flexibility index (Phi) is 4.12. The van der Waals surface area contributed by atoms with E-state index in [0.717, 1.165) is 32.5 Å². The van der Waals surface area contributed by atoms with Gasteiger partial charge in [0.15, 0.2) is 0 Å². The minimum absolute atomic E-state index is 0.204. The molecule has 21 heavy (non-hydrogen) atoms. The monoisotopic (exact) mass is 291 g/mol. The minimum atomic E-state index is -0.204. The molecule has 1 spiro atoms. The molecular weight excluding hydrogens is 262 g/mol. The summed E-state index contributed by atoms with van der Waals surface area (Å²) in [6.45, 7) is 10.0. The minimum Gasteiger partial charge on any atom is -0.391 e. The van der Waals surface area contributed by atoms with Gasteiger partial charge in [-0.1, -0.05) is 20.8 Å². The summed E-state index contributed by atoms with van der Waals surface area (Å²) < 4.78 is 0. The van der Waals surface area contributed by atoms with E-state index in [-0.39, 0.29) is 12.1 Å². The molecule has 118 valence electrons. The summed E-state index contributed by atoms with van der Waals surface area (Å²) in [5, 5.41) is 14.0. The Morgan fingerprint density at radius 2 is 2.29 bits per heavy atom. The van der Waals surface area contributed by atoms with Gasteiger partial charge in [-0.2, -0.15) is 0 Å². The van der Waals surface area contributed by atoms with Gasteiger partial charge in [-0.3, -0.25) is 4.90 Å². The van der Waals surface area contributed by atoms with Gasteiger partial charge in [-0.25, -0.2) is 0 Å². The molecule has 1 aliphatic heterocycles. The van der Waals surface area contributed by atoms with Crippen LogP contribution in [0.15, 0.2) is 18.5 Å². The topological polar surface area (TPSA) is 51.3 Å². The van der Waals surface area contributed by atoms with E-state index in [9.17, 15) is 5.11 Å². The number of hydrogen-bond donors (Lipinski definition) is 3. The predicted molar refractivity (Wildman–Crippen MR) is 85.0 cm³/mol. The molecule has 1 saturated heterocycles. The number of hydrogen-bond acceptors (Lipinski definition) is 3. The Bertz CT molecular complexity index is 459. The van der Waals surface area contributed by atoms with Crippen LogP contribution >= 0.6 is 0 Å². The van der Waals surface area contributed by atoms with E-state index in [1.54, 1.807) is 0 Å².